The van der Waals surface area contributed by atoms with Gasteiger partial charge in [-0.05, 0) is 18.2 Å². The summed E-state index contributed by atoms with van der Waals surface area (Å²) in [6, 6.07) is 3.98. The lowest BCUT2D eigenvalue weighted by Crippen LogP contribution is -2.26. The molecule has 0 aromatic carbocycles. The molecule has 0 aliphatic heterocycles. The van der Waals surface area contributed by atoms with Gasteiger partial charge in [-0.15, -0.1) is 0 Å². The van der Waals surface area contributed by atoms with Gasteiger partial charge in [-0.25, -0.2) is 17.9 Å². The summed E-state index contributed by atoms with van der Waals surface area (Å²) in [5, 5.41) is 12.2. The fourth-order valence-corrected chi connectivity index (χ4v) is 2.57. The highest BCUT2D eigenvalue weighted by atomic mass is 32.2. The molecule has 0 atom stereocenters. The van der Waals surface area contributed by atoms with Crippen LogP contribution >= 0.6 is 0 Å². The molecule has 0 aliphatic carbocycles. The quantitative estimate of drug-likeness (QED) is 0.789. The van der Waals surface area contributed by atoms with Crippen molar-refractivity contribution in [3.05, 3.63) is 35.9 Å². The first kappa shape index (κ1) is 14.3. The van der Waals surface area contributed by atoms with E-state index < -0.39 is 26.8 Å². The Labute approximate surface area is 115 Å². The zero-order valence-electron chi connectivity index (χ0n) is 10.6. The second-order valence-electron chi connectivity index (χ2n) is 4.02. The van der Waals surface area contributed by atoms with Gasteiger partial charge in [0.2, 0.25) is 10.9 Å². The van der Waals surface area contributed by atoms with Gasteiger partial charge in [0, 0.05) is 31.9 Å². The van der Waals surface area contributed by atoms with Gasteiger partial charge in [-0.3, -0.25) is 4.68 Å². The predicted molar refractivity (Wildman–Crippen MR) is 67.8 cm³/mol. The second kappa shape index (κ2) is 5.47. The summed E-state index contributed by atoms with van der Waals surface area (Å²) in [5.74, 6) is -1.74. The van der Waals surface area contributed by atoms with Crippen LogP contribution in [0.3, 0.4) is 0 Å². The van der Waals surface area contributed by atoms with Crippen molar-refractivity contribution in [2.75, 3.05) is 6.54 Å². The molecule has 20 heavy (non-hydrogen) atoms. The van der Waals surface area contributed by atoms with Crippen LogP contribution in [-0.4, -0.2) is 35.8 Å². The third-order valence-electron chi connectivity index (χ3n) is 2.65. The average Bonchev–Trinajstić information content (AvgIpc) is 2.99. The van der Waals surface area contributed by atoms with E-state index in [2.05, 4.69) is 9.82 Å². The summed E-state index contributed by atoms with van der Waals surface area (Å²) in [6.45, 7) is 0.158. The number of nitrogens with one attached hydrogen (secondary N) is 1. The molecule has 0 amide bonds. The fourth-order valence-electron chi connectivity index (χ4n) is 1.61. The molecule has 9 heteroatoms. The Bertz CT molecular complexity index is 716. The number of aromatic nitrogens is 2. The van der Waals surface area contributed by atoms with Gasteiger partial charge >= 0.3 is 5.97 Å². The minimum atomic E-state index is -3.85. The number of nitrogens with zero attached hydrogens (tertiary/aromatic N) is 2. The molecule has 0 bridgehead atoms. The maximum absolute atomic E-state index is 11.9. The Hall–Kier alpha value is -2.13. The number of carboxylic acids is 1. The Morgan fingerprint density at radius 2 is 2.20 bits per heavy atom. The highest BCUT2D eigenvalue weighted by Crippen LogP contribution is 2.13. The van der Waals surface area contributed by atoms with Gasteiger partial charge in [0.25, 0.3) is 10.0 Å². The van der Waals surface area contributed by atoms with Crippen LogP contribution in [0, 0.1) is 0 Å². The van der Waals surface area contributed by atoms with Gasteiger partial charge in [-0.1, -0.05) is 0 Å². The van der Waals surface area contributed by atoms with Crippen molar-refractivity contribution in [1.82, 2.24) is 14.5 Å². The van der Waals surface area contributed by atoms with Crippen molar-refractivity contribution in [3.8, 4) is 0 Å². The number of rotatable bonds is 6. The first-order chi connectivity index (χ1) is 9.40. The molecule has 0 unspecified atom stereocenters. The lowest BCUT2D eigenvalue weighted by molar-refractivity contribution is 0.0656. The van der Waals surface area contributed by atoms with E-state index in [1.165, 1.54) is 0 Å². The van der Waals surface area contributed by atoms with Crippen LogP contribution in [0.5, 0.6) is 0 Å². The van der Waals surface area contributed by atoms with E-state index >= 15 is 0 Å². The molecule has 0 saturated carbocycles. The minimum Gasteiger partial charge on any atom is -0.475 e. The molecular formula is C11H13N3O5S. The smallest absolute Gasteiger partial charge is 0.371 e. The molecule has 0 saturated heterocycles. The van der Waals surface area contributed by atoms with Gasteiger partial charge in [0.05, 0.1) is 0 Å². The van der Waals surface area contributed by atoms with Crippen molar-refractivity contribution >= 4 is 16.0 Å². The van der Waals surface area contributed by atoms with E-state index in [-0.39, 0.29) is 6.54 Å². The lowest BCUT2D eigenvalue weighted by atomic mass is 10.3. The Kier molecular flexibility index (Phi) is 3.91. The van der Waals surface area contributed by atoms with Crippen molar-refractivity contribution < 1.29 is 22.7 Å². The van der Waals surface area contributed by atoms with Crippen molar-refractivity contribution in [2.45, 2.75) is 11.5 Å². The molecule has 0 radical (unpaired) electrons. The van der Waals surface area contributed by atoms with Crippen molar-refractivity contribution in [1.29, 1.82) is 0 Å². The number of hydrogen-bond acceptors (Lipinski definition) is 5. The molecular weight excluding hydrogens is 286 g/mol. The van der Waals surface area contributed by atoms with Crippen LogP contribution < -0.4 is 4.72 Å². The predicted octanol–water partition coefficient (Wildman–Crippen LogP) is 0.232. The lowest BCUT2D eigenvalue weighted by Gasteiger charge is -2.04. The maximum atomic E-state index is 11.9. The normalized spacial score (nSPS) is 11.7. The minimum absolute atomic E-state index is 0.158. The third kappa shape index (κ3) is 3.06. The monoisotopic (exact) mass is 299 g/mol. The Balaban J connectivity index is 2.00. The number of carbonyl (C=O) groups is 1. The van der Waals surface area contributed by atoms with Crippen LogP contribution in [-0.2, 0) is 23.5 Å². The van der Waals surface area contributed by atoms with Gasteiger partial charge < -0.3 is 9.52 Å². The van der Waals surface area contributed by atoms with Crippen LogP contribution in [0.2, 0.25) is 0 Å². The Morgan fingerprint density at radius 3 is 2.75 bits per heavy atom. The van der Waals surface area contributed by atoms with Crippen LogP contribution in [0.25, 0.3) is 0 Å². The van der Waals surface area contributed by atoms with Gasteiger partial charge in [0.1, 0.15) is 0 Å². The van der Waals surface area contributed by atoms with Crippen LogP contribution in [0.15, 0.2) is 33.9 Å². The topological polar surface area (TPSA) is 114 Å². The molecule has 0 fully saturated rings. The summed E-state index contributed by atoms with van der Waals surface area (Å²) in [7, 11) is -2.09. The molecule has 0 spiro atoms. The summed E-state index contributed by atoms with van der Waals surface area (Å²) in [6.07, 6.45) is 2.08. The highest BCUT2D eigenvalue weighted by molar-refractivity contribution is 7.89. The van der Waals surface area contributed by atoms with E-state index in [9.17, 15) is 13.2 Å². The summed E-state index contributed by atoms with van der Waals surface area (Å²) in [5.41, 5.74) is 0.873. The van der Waals surface area contributed by atoms with Crippen molar-refractivity contribution in [3.63, 3.8) is 0 Å². The fraction of sp³-hybridized carbons (Fsp3) is 0.273. The number of aromatic carboxylic acids is 1. The highest BCUT2D eigenvalue weighted by Gasteiger charge is 2.20. The van der Waals surface area contributed by atoms with E-state index in [1.54, 1.807) is 24.0 Å². The maximum Gasteiger partial charge on any atom is 0.371 e. The van der Waals surface area contributed by atoms with Gasteiger partial charge in [-0.2, -0.15) is 5.10 Å². The molecule has 8 nitrogen and oxygen atoms in total. The second-order valence-corrected chi connectivity index (χ2v) is 5.72. The molecule has 2 rings (SSSR count). The van der Waals surface area contributed by atoms with E-state index in [4.69, 9.17) is 9.52 Å². The summed E-state index contributed by atoms with van der Waals surface area (Å²) in [4.78, 5) is 10.6. The molecule has 2 N–H and O–H groups in total. The first-order valence-corrected chi connectivity index (χ1v) is 7.18. The molecule has 2 heterocycles. The zero-order valence-corrected chi connectivity index (χ0v) is 11.4. The first-order valence-electron chi connectivity index (χ1n) is 5.70. The SMILES string of the molecule is Cn1nccc1CCNS(=O)(=O)c1ccc(C(=O)O)o1. The van der Waals surface area contributed by atoms with E-state index in [1.807, 2.05) is 0 Å². The zero-order chi connectivity index (χ0) is 14.8. The largest absolute Gasteiger partial charge is 0.475 e. The van der Waals surface area contributed by atoms with E-state index in [0.717, 1.165) is 17.8 Å². The molecule has 2 aromatic rings. The number of carboxylic acid groups (broad SMARTS) is 1. The van der Waals surface area contributed by atoms with E-state index in [0.29, 0.717) is 6.42 Å². The standard InChI is InChI=1S/C11H13N3O5S/c1-14-8(4-6-12-14)5-7-13-20(17,18)10-3-2-9(19-10)11(15)16/h2-4,6,13H,5,7H2,1H3,(H,15,16). The third-order valence-corrected chi connectivity index (χ3v) is 3.99. The van der Waals surface area contributed by atoms with Crippen LogP contribution in [0.4, 0.5) is 0 Å². The molecule has 108 valence electrons. The number of hydrogen-bond donors (Lipinski definition) is 2. The molecule has 2 aromatic heterocycles. The Morgan fingerprint density at radius 1 is 1.45 bits per heavy atom. The summed E-state index contributed by atoms with van der Waals surface area (Å²) < 4.78 is 32.5. The van der Waals surface area contributed by atoms with Crippen LogP contribution in [0.1, 0.15) is 16.2 Å². The average molecular weight is 299 g/mol. The summed E-state index contributed by atoms with van der Waals surface area (Å²) >= 11 is 0. The molecule has 0 aliphatic rings. The number of furan rings is 1. The number of sulfonamides is 1. The van der Waals surface area contributed by atoms with Gasteiger partial charge in [0.15, 0.2) is 0 Å². The number of aryl methyl sites for hydroxylation is 1. The van der Waals surface area contributed by atoms with Crippen molar-refractivity contribution in [2.24, 2.45) is 7.05 Å².